The number of aliphatic carboxylic acids is 1. The average Bonchev–Trinajstić information content (AvgIpc) is 2.90. The quantitative estimate of drug-likeness (QED) is 0.786. The highest BCUT2D eigenvalue weighted by atomic mass is 16.4. The van der Waals surface area contributed by atoms with Gasteiger partial charge in [0.1, 0.15) is 5.54 Å². The molecule has 1 heterocycles. The van der Waals surface area contributed by atoms with Crippen molar-refractivity contribution in [3.8, 4) is 0 Å². The molecule has 2 N–H and O–H groups in total. The lowest BCUT2D eigenvalue weighted by molar-refractivity contribution is -0.147. The van der Waals surface area contributed by atoms with E-state index in [-0.39, 0.29) is 0 Å². The molecule has 0 amide bonds. The zero-order chi connectivity index (χ0) is 13.0. The predicted molar refractivity (Wildman–Crippen MR) is 71.7 cm³/mol. The van der Waals surface area contributed by atoms with E-state index in [4.69, 9.17) is 0 Å². The lowest BCUT2D eigenvalue weighted by Crippen LogP contribution is -2.58. The van der Waals surface area contributed by atoms with E-state index in [2.05, 4.69) is 17.1 Å². The number of rotatable bonds is 5. The molecule has 0 spiro atoms. The van der Waals surface area contributed by atoms with Crippen LogP contribution < -0.4 is 5.32 Å². The molecular formula is C14H26N2O2. The first-order valence-corrected chi connectivity index (χ1v) is 7.40. The minimum Gasteiger partial charge on any atom is -0.480 e. The Morgan fingerprint density at radius 3 is 2.72 bits per heavy atom. The van der Waals surface area contributed by atoms with Crippen LogP contribution in [0.1, 0.15) is 51.9 Å². The van der Waals surface area contributed by atoms with Crippen LogP contribution in [0, 0.1) is 0 Å². The van der Waals surface area contributed by atoms with E-state index in [1.54, 1.807) is 0 Å². The fraction of sp³-hybridized carbons (Fsp3) is 0.929. The van der Waals surface area contributed by atoms with E-state index in [9.17, 15) is 9.90 Å². The zero-order valence-corrected chi connectivity index (χ0v) is 11.5. The molecule has 2 aliphatic rings. The molecule has 2 rings (SSSR count). The molecule has 2 fully saturated rings. The van der Waals surface area contributed by atoms with E-state index < -0.39 is 11.5 Å². The largest absolute Gasteiger partial charge is 0.480 e. The minimum atomic E-state index is -0.665. The van der Waals surface area contributed by atoms with Crippen LogP contribution in [0.3, 0.4) is 0 Å². The molecule has 1 aliphatic carbocycles. The van der Waals surface area contributed by atoms with Crippen molar-refractivity contribution in [2.75, 3.05) is 19.6 Å². The number of nitrogens with zero attached hydrogens (tertiary/aromatic N) is 1. The summed E-state index contributed by atoms with van der Waals surface area (Å²) in [5.41, 5.74) is -0.665. The monoisotopic (exact) mass is 254 g/mol. The predicted octanol–water partition coefficient (Wildman–Crippen LogP) is 1.85. The van der Waals surface area contributed by atoms with Gasteiger partial charge in [-0.05, 0) is 64.6 Å². The summed E-state index contributed by atoms with van der Waals surface area (Å²) < 4.78 is 0. The van der Waals surface area contributed by atoms with Crippen molar-refractivity contribution in [2.24, 2.45) is 0 Å². The second-order valence-corrected chi connectivity index (χ2v) is 5.81. The highest BCUT2D eigenvalue weighted by Gasteiger charge is 2.44. The van der Waals surface area contributed by atoms with Crippen molar-refractivity contribution in [3.63, 3.8) is 0 Å². The normalized spacial score (nSPS) is 33.7. The maximum atomic E-state index is 11.7. The van der Waals surface area contributed by atoms with Crippen LogP contribution in [-0.4, -0.2) is 47.2 Å². The van der Waals surface area contributed by atoms with Gasteiger partial charge < -0.3 is 15.3 Å². The lowest BCUT2D eigenvalue weighted by atomic mass is 9.78. The molecule has 0 aromatic carbocycles. The molecule has 0 radical (unpaired) electrons. The lowest BCUT2D eigenvalue weighted by Gasteiger charge is -2.41. The molecule has 1 saturated heterocycles. The van der Waals surface area contributed by atoms with Gasteiger partial charge in [0.05, 0.1) is 0 Å². The van der Waals surface area contributed by atoms with Gasteiger partial charge in [-0.3, -0.25) is 4.79 Å². The summed E-state index contributed by atoms with van der Waals surface area (Å²) in [7, 11) is 0. The van der Waals surface area contributed by atoms with Gasteiger partial charge >= 0.3 is 5.97 Å². The molecule has 104 valence electrons. The summed E-state index contributed by atoms with van der Waals surface area (Å²) in [6.07, 6.45) is 7.31. The van der Waals surface area contributed by atoms with Gasteiger partial charge in [0, 0.05) is 6.04 Å². The molecule has 0 aromatic heterocycles. The Kier molecular flexibility index (Phi) is 4.62. The number of carboxylic acids is 1. The molecule has 18 heavy (non-hydrogen) atoms. The van der Waals surface area contributed by atoms with Gasteiger partial charge in [0.2, 0.25) is 0 Å². The minimum absolute atomic E-state index is 0.474. The van der Waals surface area contributed by atoms with Gasteiger partial charge in [-0.15, -0.1) is 0 Å². The Morgan fingerprint density at radius 2 is 2.11 bits per heavy atom. The first-order valence-electron chi connectivity index (χ1n) is 7.40. The van der Waals surface area contributed by atoms with Crippen molar-refractivity contribution >= 4 is 5.97 Å². The Morgan fingerprint density at radius 1 is 1.39 bits per heavy atom. The van der Waals surface area contributed by atoms with Crippen molar-refractivity contribution in [1.82, 2.24) is 10.2 Å². The Balaban J connectivity index is 2.02. The maximum absolute atomic E-state index is 11.7. The van der Waals surface area contributed by atoms with Crippen LogP contribution in [0.2, 0.25) is 0 Å². The van der Waals surface area contributed by atoms with Crippen LogP contribution in [0.4, 0.5) is 0 Å². The SMILES string of the molecule is CCCNC1(C(=O)O)CCCC(N2CCCC2)C1. The molecule has 0 bridgehead atoms. The first kappa shape index (κ1) is 13.8. The highest BCUT2D eigenvalue weighted by molar-refractivity contribution is 5.79. The summed E-state index contributed by atoms with van der Waals surface area (Å²) in [6.45, 7) is 5.21. The van der Waals surface area contributed by atoms with E-state index >= 15 is 0 Å². The van der Waals surface area contributed by atoms with E-state index in [0.29, 0.717) is 6.04 Å². The maximum Gasteiger partial charge on any atom is 0.323 e. The number of nitrogens with one attached hydrogen (secondary N) is 1. The van der Waals surface area contributed by atoms with Crippen LogP contribution in [0.5, 0.6) is 0 Å². The summed E-state index contributed by atoms with van der Waals surface area (Å²) in [5.74, 6) is -0.653. The molecule has 2 unspecified atom stereocenters. The Labute approximate surface area is 110 Å². The molecule has 1 saturated carbocycles. The highest BCUT2D eigenvalue weighted by Crippen LogP contribution is 2.33. The fourth-order valence-electron chi connectivity index (χ4n) is 3.46. The van der Waals surface area contributed by atoms with Crippen LogP contribution in [0.15, 0.2) is 0 Å². The smallest absolute Gasteiger partial charge is 0.323 e. The van der Waals surface area contributed by atoms with Crippen molar-refractivity contribution in [1.29, 1.82) is 0 Å². The van der Waals surface area contributed by atoms with Gasteiger partial charge in [-0.2, -0.15) is 0 Å². The van der Waals surface area contributed by atoms with Gasteiger partial charge in [-0.1, -0.05) is 6.92 Å². The van der Waals surface area contributed by atoms with Crippen LogP contribution in [0.25, 0.3) is 0 Å². The number of likely N-dealkylation sites (tertiary alicyclic amines) is 1. The molecule has 4 nitrogen and oxygen atoms in total. The summed E-state index contributed by atoms with van der Waals surface area (Å²) >= 11 is 0. The third-order valence-electron chi connectivity index (χ3n) is 4.50. The zero-order valence-electron chi connectivity index (χ0n) is 11.5. The second-order valence-electron chi connectivity index (χ2n) is 5.81. The Hall–Kier alpha value is -0.610. The van der Waals surface area contributed by atoms with Gasteiger partial charge in [0.25, 0.3) is 0 Å². The van der Waals surface area contributed by atoms with Crippen molar-refractivity contribution in [3.05, 3.63) is 0 Å². The molecule has 0 aromatic rings. The molecule has 4 heteroatoms. The Bertz CT molecular complexity index is 290. The first-order chi connectivity index (χ1) is 8.68. The van der Waals surface area contributed by atoms with Crippen LogP contribution in [-0.2, 0) is 4.79 Å². The number of carbonyl (C=O) groups is 1. The second kappa shape index (κ2) is 6.02. The average molecular weight is 254 g/mol. The summed E-state index contributed by atoms with van der Waals surface area (Å²) in [4.78, 5) is 14.2. The summed E-state index contributed by atoms with van der Waals surface area (Å²) in [6, 6.07) is 0.474. The fourth-order valence-corrected chi connectivity index (χ4v) is 3.46. The van der Waals surface area contributed by atoms with Crippen molar-refractivity contribution < 1.29 is 9.90 Å². The molecular weight excluding hydrogens is 228 g/mol. The third kappa shape index (κ3) is 2.86. The van der Waals surface area contributed by atoms with Gasteiger partial charge in [0.15, 0.2) is 0 Å². The molecule has 2 atom stereocenters. The van der Waals surface area contributed by atoms with E-state index in [1.807, 2.05) is 0 Å². The van der Waals surface area contributed by atoms with E-state index in [1.165, 1.54) is 19.3 Å². The van der Waals surface area contributed by atoms with Gasteiger partial charge in [-0.25, -0.2) is 0 Å². The molecule has 1 aliphatic heterocycles. The van der Waals surface area contributed by atoms with E-state index in [0.717, 1.165) is 45.3 Å². The standard InChI is InChI=1S/C14H26N2O2/c1-2-8-15-14(13(17)18)7-5-6-12(11-14)16-9-3-4-10-16/h12,15H,2-11H2,1H3,(H,17,18). The van der Waals surface area contributed by atoms with Crippen molar-refractivity contribution in [2.45, 2.75) is 63.5 Å². The third-order valence-corrected chi connectivity index (χ3v) is 4.50. The number of carboxylic acid groups (broad SMARTS) is 1. The number of hydrogen-bond acceptors (Lipinski definition) is 3. The topological polar surface area (TPSA) is 52.6 Å². The number of hydrogen-bond donors (Lipinski definition) is 2. The van der Waals surface area contributed by atoms with Crippen LogP contribution >= 0.6 is 0 Å². The summed E-state index contributed by atoms with van der Waals surface area (Å²) in [5, 5.41) is 12.9.